The Labute approximate surface area is 112 Å². The van der Waals surface area contributed by atoms with Crippen molar-refractivity contribution in [2.45, 2.75) is 18.9 Å². The number of hydrazine groups is 1. The Hall–Kier alpha value is -1.91. The summed E-state index contributed by atoms with van der Waals surface area (Å²) in [4.78, 5) is 4.04. The average Bonchev–Trinajstić information content (AvgIpc) is 2.49. The van der Waals surface area contributed by atoms with Crippen LogP contribution in [-0.4, -0.2) is 11.6 Å². The molecule has 3 rings (SSSR count). The average molecular weight is 255 g/mol. The lowest BCUT2D eigenvalue weighted by molar-refractivity contribution is 0.283. The monoisotopic (exact) mass is 255 g/mol. The summed E-state index contributed by atoms with van der Waals surface area (Å²) >= 11 is 0. The van der Waals surface area contributed by atoms with Gasteiger partial charge >= 0.3 is 0 Å². The van der Waals surface area contributed by atoms with E-state index in [-0.39, 0.29) is 6.04 Å². The summed E-state index contributed by atoms with van der Waals surface area (Å²) < 4.78 is 5.85. The van der Waals surface area contributed by atoms with E-state index in [2.05, 4.69) is 28.6 Å². The van der Waals surface area contributed by atoms with E-state index in [4.69, 9.17) is 10.6 Å². The minimum absolute atomic E-state index is 0.0731. The zero-order valence-electron chi connectivity index (χ0n) is 10.7. The van der Waals surface area contributed by atoms with Crippen molar-refractivity contribution in [3.05, 3.63) is 59.4 Å². The molecule has 1 aliphatic heterocycles. The highest BCUT2D eigenvalue weighted by atomic mass is 16.5. The molecule has 4 nitrogen and oxygen atoms in total. The molecule has 0 spiro atoms. The van der Waals surface area contributed by atoms with Gasteiger partial charge in [-0.1, -0.05) is 18.2 Å². The number of hydrogen-bond donors (Lipinski definition) is 2. The van der Waals surface area contributed by atoms with Gasteiger partial charge in [-0.05, 0) is 36.1 Å². The number of rotatable bonds is 3. The topological polar surface area (TPSA) is 60.2 Å². The van der Waals surface area contributed by atoms with Crippen LogP contribution in [0.3, 0.4) is 0 Å². The molecule has 1 aromatic carbocycles. The number of pyridine rings is 1. The maximum Gasteiger partial charge on any atom is 0.127 e. The number of benzene rings is 1. The van der Waals surface area contributed by atoms with Gasteiger partial charge in [0.25, 0.3) is 0 Å². The first-order valence-electron chi connectivity index (χ1n) is 6.51. The molecule has 0 saturated carbocycles. The molecular formula is C15H17N3O. The molecule has 1 atom stereocenters. The van der Waals surface area contributed by atoms with Crippen LogP contribution >= 0.6 is 0 Å². The Kier molecular flexibility index (Phi) is 3.44. The van der Waals surface area contributed by atoms with E-state index < -0.39 is 0 Å². The van der Waals surface area contributed by atoms with Crippen LogP contribution in [0.4, 0.5) is 0 Å². The molecule has 2 aromatic rings. The first kappa shape index (κ1) is 12.1. The SMILES string of the molecule is NNC(c1ccncc1)c1cccc2c1OCCC2. The molecular weight excluding hydrogens is 238 g/mol. The minimum Gasteiger partial charge on any atom is -0.493 e. The van der Waals surface area contributed by atoms with Crippen LogP contribution < -0.4 is 16.0 Å². The van der Waals surface area contributed by atoms with Crippen molar-refractivity contribution in [3.63, 3.8) is 0 Å². The third-order valence-electron chi connectivity index (χ3n) is 3.48. The molecule has 0 saturated heterocycles. The second-order valence-corrected chi connectivity index (χ2v) is 4.67. The van der Waals surface area contributed by atoms with E-state index in [9.17, 15) is 0 Å². The largest absolute Gasteiger partial charge is 0.493 e. The van der Waals surface area contributed by atoms with Crippen LogP contribution in [0.25, 0.3) is 0 Å². The van der Waals surface area contributed by atoms with E-state index in [0.717, 1.165) is 36.3 Å². The molecule has 1 unspecified atom stereocenters. The predicted octanol–water partition coefficient (Wildman–Crippen LogP) is 1.96. The van der Waals surface area contributed by atoms with Crippen LogP contribution in [0.5, 0.6) is 5.75 Å². The zero-order chi connectivity index (χ0) is 13.1. The Morgan fingerprint density at radius 1 is 1.21 bits per heavy atom. The number of para-hydroxylation sites is 1. The summed E-state index contributed by atoms with van der Waals surface area (Å²) in [7, 11) is 0. The second kappa shape index (κ2) is 5.38. The number of aryl methyl sites for hydroxylation is 1. The van der Waals surface area contributed by atoms with Gasteiger partial charge in [-0.15, -0.1) is 0 Å². The Bertz CT molecular complexity index is 557. The van der Waals surface area contributed by atoms with Crippen molar-refractivity contribution in [3.8, 4) is 5.75 Å². The van der Waals surface area contributed by atoms with E-state index >= 15 is 0 Å². The molecule has 1 aliphatic rings. The van der Waals surface area contributed by atoms with Crippen LogP contribution in [0, 0.1) is 0 Å². The molecule has 3 N–H and O–H groups in total. The van der Waals surface area contributed by atoms with Crippen molar-refractivity contribution in [2.75, 3.05) is 6.61 Å². The van der Waals surface area contributed by atoms with Gasteiger partial charge < -0.3 is 4.74 Å². The first-order valence-corrected chi connectivity index (χ1v) is 6.51. The number of fused-ring (bicyclic) bond motifs is 1. The summed E-state index contributed by atoms with van der Waals surface area (Å²) in [5, 5.41) is 0. The lowest BCUT2D eigenvalue weighted by atomic mass is 9.94. The number of ether oxygens (including phenoxy) is 1. The highest BCUT2D eigenvalue weighted by Crippen LogP contribution is 2.35. The van der Waals surface area contributed by atoms with Crippen molar-refractivity contribution in [1.29, 1.82) is 0 Å². The van der Waals surface area contributed by atoms with E-state index in [1.54, 1.807) is 12.4 Å². The van der Waals surface area contributed by atoms with Gasteiger partial charge in [-0.3, -0.25) is 10.8 Å². The fraction of sp³-hybridized carbons (Fsp3) is 0.267. The van der Waals surface area contributed by atoms with Crippen molar-refractivity contribution in [1.82, 2.24) is 10.4 Å². The molecule has 4 heteroatoms. The molecule has 2 heterocycles. The Morgan fingerprint density at radius 3 is 2.84 bits per heavy atom. The summed E-state index contributed by atoms with van der Waals surface area (Å²) in [5.74, 6) is 6.72. The van der Waals surface area contributed by atoms with Crippen molar-refractivity contribution in [2.24, 2.45) is 5.84 Å². The quantitative estimate of drug-likeness (QED) is 0.650. The minimum atomic E-state index is -0.0731. The summed E-state index contributed by atoms with van der Waals surface area (Å²) in [6.45, 7) is 0.775. The lowest BCUT2D eigenvalue weighted by Gasteiger charge is -2.25. The second-order valence-electron chi connectivity index (χ2n) is 4.67. The van der Waals surface area contributed by atoms with Gasteiger partial charge in [0.05, 0.1) is 12.6 Å². The van der Waals surface area contributed by atoms with Crippen molar-refractivity contribution >= 4 is 0 Å². The zero-order valence-corrected chi connectivity index (χ0v) is 10.7. The van der Waals surface area contributed by atoms with Crippen molar-refractivity contribution < 1.29 is 4.74 Å². The smallest absolute Gasteiger partial charge is 0.127 e. The number of nitrogens with zero attached hydrogens (tertiary/aromatic N) is 1. The van der Waals surface area contributed by atoms with E-state index in [1.807, 2.05) is 12.1 Å². The first-order chi connectivity index (χ1) is 9.40. The number of nitrogens with one attached hydrogen (secondary N) is 1. The summed E-state index contributed by atoms with van der Waals surface area (Å²) in [5.41, 5.74) is 6.31. The number of aromatic nitrogens is 1. The summed E-state index contributed by atoms with van der Waals surface area (Å²) in [6, 6.07) is 10.1. The van der Waals surface area contributed by atoms with Gasteiger partial charge in [-0.25, -0.2) is 5.43 Å². The molecule has 0 aliphatic carbocycles. The Morgan fingerprint density at radius 2 is 2.05 bits per heavy atom. The van der Waals surface area contributed by atoms with E-state index in [0.29, 0.717) is 0 Å². The number of nitrogens with two attached hydrogens (primary N) is 1. The van der Waals surface area contributed by atoms with Gasteiger partial charge in [0.2, 0.25) is 0 Å². The molecule has 0 amide bonds. The van der Waals surface area contributed by atoms with Gasteiger partial charge in [0, 0.05) is 18.0 Å². The lowest BCUT2D eigenvalue weighted by Crippen LogP contribution is -2.29. The van der Waals surface area contributed by atoms with Crippen LogP contribution in [0.15, 0.2) is 42.7 Å². The highest BCUT2D eigenvalue weighted by molar-refractivity contribution is 5.47. The predicted molar refractivity (Wildman–Crippen MR) is 73.7 cm³/mol. The molecule has 1 aromatic heterocycles. The maximum atomic E-state index is 5.85. The maximum absolute atomic E-state index is 5.85. The van der Waals surface area contributed by atoms with Crippen LogP contribution in [0.2, 0.25) is 0 Å². The Balaban J connectivity index is 2.05. The van der Waals surface area contributed by atoms with Gasteiger partial charge in [0.15, 0.2) is 0 Å². The third kappa shape index (κ3) is 2.32. The molecule has 98 valence electrons. The van der Waals surface area contributed by atoms with Gasteiger partial charge in [0.1, 0.15) is 5.75 Å². The fourth-order valence-corrected chi connectivity index (χ4v) is 2.56. The van der Waals surface area contributed by atoms with Gasteiger partial charge in [-0.2, -0.15) is 0 Å². The van der Waals surface area contributed by atoms with E-state index in [1.165, 1.54) is 5.56 Å². The summed E-state index contributed by atoms with van der Waals surface area (Å²) in [6.07, 6.45) is 5.69. The molecule has 0 bridgehead atoms. The molecule has 0 radical (unpaired) electrons. The third-order valence-corrected chi connectivity index (χ3v) is 3.48. The van der Waals surface area contributed by atoms with Crippen LogP contribution in [0.1, 0.15) is 29.2 Å². The normalized spacial score (nSPS) is 15.4. The highest BCUT2D eigenvalue weighted by Gasteiger charge is 2.21. The number of hydrogen-bond acceptors (Lipinski definition) is 4. The molecule has 0 fully saturated rings. The fourth-order valence-electron chi connectivity index (χ4n) is 2.56. The molecule has 19 heavy (non-hydrogen) atoms. The van der Waals surface area contributed by atoms with Crippen LogP contribution in [-0.2, 0) is 6.42 Å². The standard InChI is InChI=1S/C15H17N3O/c16-18-14(11-6-8-17-9-7-11)13-5-1-3-12-4-2-10-19-15(12)13/h1,3,5-9,14,18H,2,4,10,16H2.